The van der Waals surface area contributed by atoms with E-state index in [1.54, 1.807) is 29.1 Å². The molecule has 0 spiro atoms. The molecular formula is C12H11BrClN3O. The first-order valence-electron chi connectivity index (χ1n) is 5.35. The number of carbonyl (C=O) groups excluding carboxylic acids is 1. The van der Waals surface area contributed by atoms with Gasteiger partial charge < -0.3 is 5.73 Å². The van der Waals surface area contributed by atoms with Gasteiger partial charge in [-0.05, 0) is 41.1 Å². The van der Waals surface area contributed by atoms with Crippen LogP contribution in [0.4, 0.5) is 5.69 Å². The first-order chi connectivity index (χ1) is 8.54. The summed E-state index contributed by atoms with van der Waals surface area (Å²) in [5.41, 5.74) is 7.08. The highest BCUT2D eigenvalue weighted by atomic mass is 79.9. The molecule has 0 aliphatic carbocycles. The average Bonchev–Trinajstić information content (AvgIpc) is 2.73. The second-order valence-corrected chi connectivity index (χ2v) is 4.98. The highest BCUT2D eigenvalue weighted by molar-refractivity contribution is 9.10. The summed E-state index contributed by atoms with van der Waals surface area (Å²) in [6.45, 7) is 2.54. The molecule has 1 heterocycles. The standard InChI is InChI=1S/C12H11BrClN3O/c1-2-17-11(8(13)6-16-17)12(18)7-3-4-10(15)9(14)5-7/h3-6H,2,15H2,1H3. The second kappa shape index (κ2) is 5.12. The summed E-state index contributed by atoms with van der Waals surface area (Å²) in [7, 11) is 0. The number of benzene rings is 1. The molecule has 0 saturated heterocycles. The Hall–Kier alpha value is -1.33. The van der Waals surface area contributed by atoms with Crippen LogP contribution in [0.2, 0.25) is 5.02 Å². The van der Waals surface area contributed by atoms with Gasteiger partial charge in [-0.3, -0.25) is 9.48 Å². The number of hydrogen-bond acceptors (Lipinski definition) is 3. The molecule has 0 atom stereocenters. The van der Waals surface area contributed by atoms with E-state index in [9.17, 15) is 4.79 Å². The van der Waals surface area contributed by atoms with E-state index in [-0.39, 0.29) is 5.78 Å². The Labute approximate surface area is 118 Å². The largest absolute Gasteiger partial charge is 0.398 e. The monoisotopic (exact) mass is 327 g/mol. The lowest BCUT2D eigenvalue weighted by atomic mass is 10.1. The minimum absolute atomic E-state index is 0.136. The fourth-order valence-electron chi connectivity index (χ4n) is 1.63. The molecule has 2 rings (SSSR count). The number of carbonyl (C=O) groups is 1. The number of halogens is 2. The summed E-state index contributed by atoms with van der Waals surface area (Å²) in [5, 5.41) is 4.49. The van der Waals surface area contributed by atoms with Crippen molar-refractivity contribution in [2.24, 2.45) is 0 Å². The molecule has 6 heteroatoms. The van der Waals surface area contributed by atoms with Crippen molar-refractivity contribution in [2.75, 3.05) is 5.73 Å². The number of nitrogens with two attached hydrogens (primary N) is 1. The number of ketones is 1. The maximum atomic E-state index is 12.4. The zero-order chi connectivity index (χ0) is 13.3. The SMILES string of the molecule is CCn1ncc(Br)c1C(=O)c1ccc(N)c(Cl)c1. The molecule has 0 bridgehead atoms. The number of nitrogen functional groups attached to an aromatic ring is 1. The summed E-state index contributed by atoms with van der Waals surface area (Å²) in [6, 6.07) is 4.85. The van der Waals surface area contributed by atoms with Crippen LogP contribution in [0.1, 0.15) is 23.0 Å². The zero-order valence-corrected chi connectivity index (χ0v) is 12.0. The van der Waals surface area contributed by atoms with Gasteiger partial charge in [0.1, 0.15) is 5.69 Å². The van der Waals surface area contributed by atoms with Crippen molar-refractivity contribution in [2.45, 2.75) is 13.5 Å². The van der Waals surface area contributed by atoms with Crippen LogP contribution in [0.15, 0.2) is 28.9 Å². The number of rotatable bonds is 3. The van der Waals surface area contributed by atoms with E-state index in [0.29, 0.717) is 33.0 Å². The number of nitrogens with zero attached hydrogens (tertiary/aromatic N) is 2. The van der Waals surface area contributed by atoms with Gasteiger partial charge in [0.25, 0.3) is 0 Å². The third-order valence-electron chi connectivity index (χ3n) is 2.57. The van der Waals surface area contributed by atoms with Gasteiger partial charge in [-0.25, -0.2) is 0 Å². The predicted octanol–water partition coefficient (Wildman–Crippen LogP) is 3.13. The van der Waals surface area contributed by atoms with Gasteiger partial charge in [0.15, 0.2) is 0 Å². The van der Waals surface area contributed by atoms with Crippen LogP contribution in [-0.4, -0.2) is 15.6 Å². The van der Waals surface area contributed by atoms with Gasteiger partial charge >= 0.3 is 0 Å². The second-order valence-electron chi connectivity index (χ2n) is 3.72. The lowest BCUT2D eigenvalue weighted by Gasteiger charge is -2.06. The minimum atomic E-state index is -0.136. The van der Waals surface area contributed by atoms with Crippen molar-refractivity contribution < 1.29 is 4.79 Å². The quantitative estimate of drug-likeness (QED) is 0.695. The number of aryl methyl sites for hydroxylation is 1. The van der Waals surface area contributed by atoms with Crippen LogP contribution in [0.5, 0.6) is 0 Å². The Morgan fingerprint density at radius 3 is 2.89 bits per heavy atom. The predicted molar refractivity (Wildman–Crippen MR) is 74.9 cm³/mol. The van der Waals surface area contributed by atoms with E-state index < -0.39 is 0 Å². The fourth-order valence-corrected chi connectivity index (χ4v) is 2.29. The lowest BCUT2D eigenvalue weighted by molar-refractivity contribution is 0.102. The van der Waals surface area contributed by atoms with E-state index in [4.69, 9.17) is 17.3 Å². The molecule has 1 aromatic carbocycles. The van der Waals surface area contributed by atoms with E-state index in [0.717, 1.165) is 0 Å². The summed E-state index contributed by atoms with van der Waals surface area (Å²) >= 11 is 9.25. The summed E-state index contributed by atoms with van der Waals surface area (Å²) in [4.78, 5) is 12.4. The molecule has 0 aliphatic rings. The molecule has 4 nitrogen and oxygen atoms in total. The van der Waals surface area contributed by atoms with Gasteiger partial charge in [0.05, 0.1) is 21.4 Å². The Bertz CT molecular complexity index is 609. The number of hydrogen-bond donors (Lipinski definition) is 1. The Morgan fingerprint density at radius 1 is 1.56 bits per heavy atom. The summed E-state index contributed by atoms with van der Waals surface area (Å²) in [5.74, 6) is -0.136. The van der Waals surface area contributed by atoms with Gasteiger partial charge in [-0.2, -0.15) is 5.10 Å². The minimum Gasteiger partial charge on any atom is -0.398 e. The maximum absolute atomic E-state index is 12.4. The van der Waals surface area contributed by atoms with Gasteiger partial charge in [0, 0.05) is 12.1 Å². The van der Waals surface area contributed by atoms with Gasteiger partial charge in [-0.15, -0.1) is 0 Å². The normalized spacial score (nSPS) is 10.6. The zero-order valence-electron chi connectivity index (χ0n) is 9.65. The first-order valence-corrected chi connectivity index (χ1v) is 6.52. The molecule has 0 aliphatic heterocycles. The number of anilines is 1. The molecule has 0 unspecified atom stereocenters. The molecule has 2 aromatic rings. The maximum Gasteiger partial charge on any atom is 0.212 e. The van der Waals surface area contributed by atoms with Gasteiger partial charge in [-0.1, -0.05) is 11.6 Å². The molecule has 0 saturated carbocycles. The third-order valence-corrected chi connectivity index (χ3v) is 3.48. The van der Waals surface area contributed by atoms with E-state index >= 15 is 0 Å². The van der Waals surface area contributed by atoms with Crippen LogP contribution in [0, 0.1) is 0 Å². The molecule has 0 amide bonds. The molecule has 18 heavy (non-hydrogen) atoms. The highest BCUT2D eigenvalue weighted by Crippen LogP contribution is 2.24. The number of aromatic nitrogens is 2. The van der Waals surface area contributed by atoms with Crippen LogP contribution in [-0.2, 0) is 6.54 Å². The average molecular weight is 329 g/mol. The lowest BCUT2D eigenvalue weighted by Crippen LogP contribution is -2.11. The van der Waals surface area contributed by atoms with Crippen molar-refractivity contribution in [1.29, 1.82) is 0 Å². The van der Waals surface area contributed by atoms with E-state index in [1.807, 2.05) is 6.92 Å². The third kappa shape index (κ3) is 2.28. The van der Waals surface area contributed by atoms with Crippen molar-refractivity contribution in [1.82, 2.24) is 9.78 Å². The van der Waals surface area contributed by atoms with Crippen molar-refractivity contribution in [3.8, 4) is 0 Å². The Morgan fingerprint density at radius 2 is 2.28 bits per heavy atom. The van der Waals surface area contributed by atoms with Crippen molar-refractivity contribution >= 4 is 39.0 Å². The summed E-state index contributed by atoms with van der Waals surface area (Å²) in [6.07, 6.45) is 1.61. The van der Waals surface area contributed by atoms with Crippen LogP contribution >= 0.6 is 27.5 Å². The topological polar surface area (TPSA) is 60.9 Å². The van der Waals surface area contributed by atoms with Crippen LogP contribution < -0.4 is 5.73 Å². The van der Waals surface area contributed by atoms with Crippen molar-refractivity contribution in [3.05, 3.63) is 45.1 Å². The first kappa shape index (κ1) is 13.1. The van der Waals surface area contributed by atoms with Gasteiger partial charge in [0.2, 0.25) is 5.78 Å². The Kier molecular flexibility index (Phi) is 3.73. The summed E-state index contributed by atoms with van der Waals surface area (Å²) < 4.78 is 2.30. The van der Waals surface area contributed by atoms with Crippen LogP contribution in [0.3, 0.4) is 0 Å². The molecule has 0 radical (unpaired) electrons. The molecule has 0 fully saturated rings. The van der Waals surface area contributed by atoms with E-state index in [1.165, 1.54) is 0 Å². The molecular weight excluding hydrogens is 318 g/mol. The fraction of sp³-hybridized carbons (Fsp3) is 0.167. The van der Waals surface area contributed by atoms with E-state index in [2.05, 4.69) is 21.0 Å². The molecule has 1 aromatic heterocycles. The Balaban J connectivity index is 2.47. The molecule has 94 valence electrons. The smallest absolute Gasteiger partial charge is 0.212 e. The molecule has 2 N–H and O–H groups in total. The highest BCUT2D eigenvalue weighted by Gasteiger charge is 2.18. The van der Waals surface area contributed by atoms with Crippen molar-refractivity contribution in [3.63, 3.8) is 0 Å². The van der Waals surface area contributed by atoms with Crippen LogP contribution in [0.25, 0.3) is 0 Å².